The molecule has 1 atom stereocenters. The molecule has 4 heterocycles. The molecule has 6 aromatic rings. The number of ether oxygens (including phenoxy) is 2. The van der Waals surface area contributed by atoms with E-state index in [0.29, 0.717) is 22.9 Å². The van der Waals surface area contributed by atoms with Gasteiger partial charge in [0.05, 0.1) is 27.6 Å². The lowest BCUT2D eigenvalue weighted by Crippen LogP contribution is -2.38. The summed E-state index contributed by atoms with van der Waals surface area (Å²) >= 11 is 0. The Kier molecular flexibility index (Phi) is 11.3. The lowest BCUT2D eigenvalue weighted by Gasteiger charge is -2.29. The van der Waals surface area contributed by atoms with Gasteiger partial charge in [0, 0.05) is 62.5 Å². The van der Waals surface area contributed by atoms with E-state index in [4.69, 9.17) is 9.47 Å². The van der Waals surface area contributed by atoms with Gasteiger partial charge in [-0.1, -0.05) is 56.3 Å². The van der Waals surface area contributed by atoms with Crippen LogP contribution in [0.25, 0.3) is 22.2 Å². The Hall–Kier alpha value is -6.32. The van der Waals surface area contributed by atoms with E-state index in [9.17, 15) is 23.3 Å². The summed E-state index contributed by atoms with van der Waals surface area (Å²) in [7, 11) is -4.65. The fourth-order valence-electron chi connectivity index (χ4n) is 8.04. The predicted molar refractivity (Wildman–Crippen MR) is 228 cm³/mol. The van der Waals surface area contributed by atoms with Gasteiger partial charge >= 0.3 is 0 Å². The Balaban J connectivity index is 1.06. The summed E-state index contributed by atoms with van der Waals surface area (Å²) in [6.45, 7) is 5.61. The lowest BCUT2D eigenvalue weighted by molar-refractivity contribution is -0.384. The molecule has 4 aromatic carbocycles. The van der Waals surface area contributed by atoms with Gasteiger partial charge in [0.25, 0.3) is 21.6 Å². The average Bonchev–Trinajstić information content (AvgIpc) is 3.93. The second-order valence-corrected chi connectivity index (χ2v) is 17.3. The maximum atomic E-state index is 15.2. The number of nitro groups is 1. The van der Waals surface area contributed by atoms with E-state index < -0.39 is 37.1 Å². The normalized spacial score (nSPS) is 16.5. The molecule has 2 aromatic heterocycles. The highest BCUT2D eigenvalue weighted by Crippen LogP contribution is 2.40. The van der Waals surface area contributed by atoms with E-state index in [0.717, 1.165) is 48.2 Å². The summed E-state index contributed by atoms with van der Waals surface area (Å²) in [5.41, 5.74) is 3.61. The largest absolute Gasteiger partial charge is 0.455 e. The number of carbonyl (C=O) groups excluding carboxylic acids is 1. The molecule has 60 heavy (non-hydrogen) atoms. The van der Waals surface area contributed by atoms with Crippen LogP contribution in [0.5, 0.6) is 11.5 Å². The number of aromatic amines is 1. The molecule has 0 radical (unpaired) electrons. The summed E-state index contributed by atoms with van der Waals surface area (Å²) in [4.78, 5) is 34.5. The first-order chi connectivity index (χ1) is 28.9. The standard InChI is InChI=1S/C45H45FN6O7S/c1-29(2)36-6-3-4-7-37(36)40-8-5-21-51(40)33-12-9-30(10-13-33)31-11-15-38(42(25-31)59-34-24-32-17-20-47-43(32)48-27-34)44(53)50-60(56,57)35-14-16-39(41(26-35)52(54)55)49-28-45(46)18-22-58-23-19-45/h3-4,6-7,9-17,20,24-27,29,40,49H,5,8,18-19,21-23,28H2,1-2H3,(H,47,48)(H,50,53)/t40-/m0/s1. The number of nitro benzene ring substituents is 1. The van der Waals surface area contributed by atoms with Crippen LogP contribution in [0.2, 0.25) is 0 Å². The van der Waals surface area contributed by atoms with E-state index in [-0.39, 0.29) is 55.6 Å². The van der Waals surface area contributed by atoms with E-state index in [2.05, 4.69) is 75.2 Å². The van der Waals surface area contributed by atoms with Gasteiger partial charge in [-0.25, -0.2) is 22.5 Å². The predicted octanol–water partition coefficient (Wildman–Crippen LogP) is 9.44. The minimum absolute atomic E-state index is 0.0576. The van der Waals surface area contributed by atoms with Crippen LogP contribution in [0, 0.1) is 10.1 Å². The van der Waals surface area contributed by atoms with Crippen LogP contribution >= 0.6 is 0 Å². The van der Waals surface area contributed by atoms with Crippen molar-refractivity contribution in [3.8, 4) is 22.6 Å². The number of rotatable bonds is 13. The number of aromatic nitrogens is 2. The SMILES string of the molecule is CC(C)c1ccccc1[C@@H]1CCCN1c1ccc(-c2ccc(C(=O)NS(=O)(=O)c3ccc(NCC4(F)CCOCC4)c([N+](=O)[O-])c3)c(Oc3cnc4[nH]ccc4c3)c2)cc1. The number of H-pyrrole nitrogens is 1. The monoisotopic (exact) mass is 832 g/mol. The molecule has 2 fully saturated rings. The minimum Gasteiger partial charge on any atom is -0.455 e. The van der Waals surface area contributed by atoms with Gasteiger partial charge < -0.3 is 24.7 Å². The number of halogens is 1. The molecule has 2 aliphatic rings. The quantitative estimate of drug-likeness (QED) is 0.0753. The Labute approximate surface area is 347 Å². The number of hydrogen-bond acceptors (Lipinski definition) is 10. The molecule has 15 heteroatoms. The Bertz CT molecular complexity index is 2660. The summed E-state index contributed by atoms with van der Waals surface area (Å²) < 4.78 is 56.0. The van der Waals surface area contributed by atoms with Gasteiger partial charge in [-0.15, -0.1) is 0 Å². The third kappa shape index (κ3) is 8.54. The molecule has 8 rings (SSSR count). The molecule has 2 aliphatic heterocycles. The summed E-state index contributed by atoms with van der Waals surface area (Å²) in [5, 5.41) is 15.6. The smallest absolute Gasteiger partial charge is 0.293 e. The Morgan fingerprint density at radius 2 is 1.80 bits per heavy atom. The third-order valence-electron chi connectivity index (χ3n) is 11.3. The van der Waals surface area contributed by atoms with Crippen LogP contribution in [0.15, 0.2) is 114 Å². The number of pyridine rings is 1. The molecule has 1 amide bonds. The average molecular weight is 833 g/mol. The lowest BCUT2D eigenvalue weighted by atomic mass is 9.91. The fraction of sp³-hybridized carbons (Fsp3) is 0.289. The number of alkyl halides is 1. The molecule has 0 aliphatic carbocycles. The maximum Gasteiger partial charge on any atom is 0.293 e. The Morgan fingerprint density at radius 3 is 2.57 bits per heavy atom. The number of nitrogens with zero attached hydrogens (tertiary/aromatic N) is 3. The third-order valence-corrected chi connectivity index (χ3v) is 12.6. The van der Waals surface area contributed by atoms with Gasteiger partial charge in [-0.2, -0.15) is 0 Å². The number of sulfonamides is 1. The maximum absolute atomic E-state index is 15.2. The van der Waals surface area contributed by atoms with E-state index >= 15 is 4.39 Å². The molecule has 0 spiro atoms. The van der Waals surface area contributed by atoms with E-state index in [1.54, 1.807) is 24.4 Å². The first kappa shape index (κ1) is 40.5. The van der Waals surface area contributed by atoms with Crippen LogP contribution in [-0.2, 0) is 14.8 Å². The number of benzene rings is 4. The van der Waals surface area contributed by atoms with Crippen molar-refractivity contribution in [1.82, 2.24) is 14.7 Å². The fourth-order valence-corrected chi connectivity index (χ4v) is 9.03. The van der Waals surface area contributed by atoms with Crippen molar-refractivity contribution in [1.29, 1.82) is 0 Å². The van der Waals surface area contributed by atoms with Crippen molar-refractivity contribution in [2.75, 3.05) is 36.5 Å². The van der Waals surface area contributed by atoms with Crippen molar-refractivity contribution in [2.24, 2.45) is 0 Å². The summed E-state index contributed by atoms with van der Waals surface area (Å²) in [5.74, 6) is -0.246. The molecular weight excluding hydrogens is 788 g/mol. The first-order valence-corrected chi connectivity index (χ1v) is 21.4. The highest BCUT2D eigenvalue weighted by Gasteiger charge is 2.34. The summed E-state index contributed by atoms with van der Waals surface area (Å²) in [6.07, 6.45) is 5.61. The highest BCUT2D eigenvalue weighted by molar-refractivity contribution is 7.90. The molecule has 2 saturated heterocycles. The van der Waals surface area contributed by atoms with Crippen molar-refractivity contribution in [3.63, 3.8) is 0 Å². The zero-order chi connectivity index (χ0) is 42.0. The van der Waals surface area contributed by atoms with Crippen LogP contribution in [-0.4, -0.2) is 61.2 Å². The number of hydrogen-bond donors (Lipinski definition) is 3. The number of anilines is 2. The number of nitrogens with one attached hydrogen (secondary N) is 3. The summed E-state index contributed by atoms with van der Waals surface area (Å²) in [6, 6.07) is 28.7. The zero-order valence-corrected chi connectivity index (χ0v) is 34.0. The zero-order valence-electron chi connectivity index (χ0n) is 33.2. The molecule has 310 valence electrons. The molecule has 0 unspecified atom stereocenters. The second-order valence-electron chi connectivity index (χ2n) is 15.6. The van der Waals surface area contributed by atoms with Gasteiger partial charge in [0.1, 0.15) is 28.5 Å². The van der Waals surface area contributed by atoms with Gasteiger partial charge in [-0.05, 0) is 89.5 Å². The first-order valence-electron chi connectivity index (χ1n) is 19.9. The van der Waals surface area contributed by atoms with Crippen molar-refractivity contribution in [2.45, 2.75) is 62.1 Å². The number of fused-ring (bicyclic) bond motifs is 1. The number of carbonyl (C=O) groups is 1. The van der Waals surface area contributed by atoms with Crippen molar-refractivity contribution < 1.29 is 32.0 Å². The van der Waals surface area contributed by atoms with Crippen LogP contribution in [0.3, 0.4) is 0 Å². The van der Waals surface area contributed by atoms with Gasteiger partial charge in [0.15, 0.2) is 0 Å². The van der Waals surface area contributed by atoms with Crippen LogP contribution < -0.4 is 19.7 Å². The highest BCUT2D eigenvalue weighted by atomic mass is 32.2. The molecular formula is C45H45FN6O7S. The number of amides is 1. The van der Waals surface area contributed by atoms with Gasteiger partial charge in [0.2, 0.25) is 0 Å². The van der Waals surface area contributed by atoms with Crippen LogP contribution in [0.4, 0.5) is 21.5 Å². The van der Waals surface area contributed by atoms with E-state index in [1.165, 1.54) is 29.5 Å². The molecule has 0 bridgehead atoms. The topological polar surface area (TPSA) is 169 Å². The van der Waals surface area contributed by atoms with Crippen LogP contribution in [0.1, 0.15) is 73.0 Å². The minimum atomic E-state index is -4.65. The molecule has 13 nitrogen and oxygen atoms in total. The van der Waals surface area contributed by atoms with Crippen molar-refractivity contribution in [3.05, 3.63) is 136 Å². The molecule has 0 saturated carbocycles. The molecule has 3 N–H and O–H groups in total. The van der Waals surface area contributed by atoms with Crippen molar-refractivity contribution >= 4 is 44.0 Å². The Morgan fingerprint density at radius 1 is 1.03 bits per heavy atom. The van der Waals surface area contributed by atoms with E-state index in [1.807, 2.05) is 18.2 Å². The van der Waals surface area contributed by atoms with Gasteiger partial charge in [-0.3, -0.25) is 14.9 Å². The second kappa shape index (κ2) is 16.7.